The Kier molecular flexibility index (Phi) is 10.5. The summed E-state index contributed by atoms with van der Waals surface area (Å²) < 4.78 is 42.7. The van der Waals surface area contributed by atoms with Crippen LogP contribution in [0.25, 0.3) is 0 Å². The van der Waals surface area contributed by atoms with E-state index in [1.54, 1.807) is 20.3 Å². The molecule has 9 heteroatoms. The molecule has 1 aromatic rings. The molecule has 2 saturated heterocycles. The van der Waals surface area contributed by atoms with Crippen molar-refractivity contribution in [1.29, 1.82) is 0 Å². The van der Waals surface area contributed by atoms with Crippen molar-refractivity contribution in [3.05, 3.63) is 42.0 Å². The molecule has 0 aromatic heterocycles. The van der Waals surface area contributed by atoms with Gasteiger partial charge >= 0.3 is 14.5 Å². The summed E-state index contributed by atoms with van der Waals surface area (Å²) in [5.74, 6) is 0.210. The highest BCUT2D eigenvalue weighted by atomic mass is 28.4. The van der Waals surface area contributed by atoms with Crippen molar-refractivity contribution in [1.82, 2.24) is 0 Å². The zero-order valence-electron chi connectivity index (χ0n) is 25.3. The van der Waals surface area contributed by atoms with Crippen LogP contribution in [0.2, 0.25) is 10.1 Å². The van der Waals surface area contributed by atoms with Crippen LogP contribution < -0.4 is 4.74 Å². The van der Waals surface area contributed by atoms with Gasteiger partial charge in [0.15, 0.2) is 0 Å². The average Bonchev–Trinajstić information content (AvgIpc) is 2.90. The van der Waals surface area contributed by atoms with Gasteiger partial charge in [-0.05, 0) is 23.8 Å². The largest absolute Gasteiger partial charge is 0.497 e. The van der Waals surface area contributed by atoms with Gasteiger partial charge in [-0.25, -0.2) is 4.79 Å². The van der Waals surface area contributed by atoms with E-state index in [0.29, 0.717) is 19.6 Å². The van der Waals surface area contributed by atoms with Crippen LogP contribution in [0.4, 0.5) is 0 Å². The van der Waals surface area contributed by atoms with Gasteiger partial charge in [0, 0.05) is 35.6 Å². The van der Waals surface area contributed by atoms with Crippen molar-refractivity contribution < 1.29 is 37.3 Å². The predicted octanol–water partition coefficient (Wildman–Crippen LogP) is 5.58. The Hall–Kier alpha value is -1.75. The molecule has 220 valence electrons. The minimum Gasteiger partial charge on any atom is -0.497 e. The Morgan fingerprint density at radius 1 is 1.05 bits per heavy atom. The van der Waals surface area contributed by atoms with Gasteiger partial charge in [-0.1, -0.05) is 60.6 Å². The SMILES string of the molecule is COC(=O)/C=C/[C@H](OCc1ccc(OC)cc1)[C@@H](C)[C@@H]1O[C@@H]2CO[Si](C(C)(C)C)(C(C)(C)C)O[C@@H]2C[C@@H]1OC. The van der Waals surface area contributed by atoms with Crippen molar-refractivity contribution in [2.24, 2.45) is 5.92 Å². The Labute approximate surface area is 235 Å². The molecule has 2 heterocycles. The number of esters is 1. The highest BCUT2D eigenvalue weighted by Gasteiger charge is 2.63. The molecule has 8 nitrogen and oxygen atoms in total. The van der Waals surface area contributed by atoms with Crippen LogP contribution in [0, 0.1) is 5.92 Å². The first kappa shape index (κ1) is 31.8. The number of rotatable bonds is 9. The van der Waals surface area contributed by atoms with Crippen molar-refractivity contribution in [3.63, 3.8) is 0 Å². The van der Waals surface area contributed by atoms with Crippen LogP contribution >= 0.6 is 0 Å². The molecule has 2 fully saturated rings. The lowest BCUT2D eigenvalue weighted by Crippen LogP contribution is -2.68. The number of carbonyl (C=O) groups is 1. The number of benzene rings is 1. The van der Waals surface area contributed by atoms with E-state index in [1.165, 1.54) is 13.2 Å². The summed E-state index contributed by atoms with van der Waals surface area (Å²) in [4.78, 5) is 11.9. The predicted molar refractivity (Wildman–Crippen MR) is 152 cm³/mol. The molecule has 3 rings (SSSR count). The standard InChI is InChI=1S/C30H48O8Si/c1-20(23(15-16-27(31)34-10)35-18-21-11-13-22(32-8)14-12-21)28-25(33-9)17-24-26(37-28)19-36-39(38-24,29(2,3)4)30(5,6)7/h11-16,20,23-26,28H,17-19H2,1-10H3/b16-15+/t20-,23+,24-,25+,26-,28+/m1/s1. The van der Waals surface area contributed by atoms with E-state index in [2.05, 4.69) is 48.5 Å². The Morgan fingerprint density at radius 2 is 1.69 bits per heavy atom. The summed E-state index contributed by atoms with van der Waals surface area (Å²) in [6.45, 7) is 16.2. The summed E-state index contributed by atoms with van der Waals surface area (Å²) in [5.41, 5.74) is 0.993. The van der Waals surface area contributed by atoms with Gasteiger partial charge in [0.1, 0.15) is 11.9 Å². The van der Waals surface area contributed by atoms with Gasteiger partial charge in [0.2, 0.25) is 0 Å². The van der Waals surface area contributed by atoms with E-state index in [0.717, 1.165) is 11.3 Å². The molecule has 0 saturated carbocycles. The first-order chi connectivity index (χ1) is 18.3. The van der Waals surface area contributed by atoms with Crippen LogP contribution in [0.15, 0.2) is 36.4 Å². The van der Waals surface area contributed by atoms with E-state index in [1.807, 2.05) is 24.3 Å². The maximum absolute atomic E-state index is 11.9. The zero-order valence-corrected chi connectivity index (χ0v) is 26.3. The first-order valence-electron chi connectivity index (χ1n) is 13.8. The third kappa shape index (κ3) is 7.12. The monoisotopic (exact) mass is 564 g/mol. The fourth-order valence-electron chi connectivity index (χ4n) is 5.94. The second-order valence-electron chi connectivity index (χ2n) is 12.6. The number of carbonyl (C=O) groups excluding carboxylic acids is 1. The molecule has 0 radical (unpaired) electrons. The Morgan fingerprint density at radius 3 is 2.23 bits per heavy atom. The summed E-state index contributed by atoms with van der Waals surface area (Å²) in [5, 5.41) is -0.218. The third-order valence-electron chi connectivity index (χ3n) is 7.88. The molecular formula is C30H48O8Si. The highest BCUT2D eigenvalue weighted by Crippen LogP contribution is 2.55. The number of fused-ring (bicyclic) bond motifs is 1. The number of methoxy groups -OCH3 is 3. The minimum absolute atomic E-state index is 0.109. The van der Waals surface area contributed by atoms with Crippen LogP contribution in [-0.2, 0) is 39.2 Å². The van der Waals surface area contributed by atoms with Crippen molar-refractivity contribution >= 4 is 14.5 Å². The molecule has 2 aliphatic rings. The fourth-order valence-corrected chi connectivity index (χ4v) is 10.9. The highest BCUT2D eigenvalue weighted by molar-refractivity contribution is 6.73. The first-order valence-corrected chi connectivity index (χ1v) is 15.6. The second kappa shape index (κ2) is 12.8. The molecule has 0 unspecified atom stereocenters. The lowest BCUT2D eigenvalue weighted by molar-refractivity contribution is -0.224. The lowest BCUT2D eigenvalue weighted by Gasteiger charge is -2.57. The van der Waals surface area contributed by atoms with Crippen LogP contribution in [0.5, 0.6) is 5.75 Å². The second-order valence-corrected chi connectivity index (χ2v) is 17.4. The molecule has 39 heavy (non-hydrogen) atoms. The summed E-state index contributed by atoms with van der Waals surface area (Å²) >= 11 is 0. The molecule has 1 aromatic carbocycles. The molecule has 0 spiro atoms. The maximum Gasteiger partial charge on any atom is 0.349 e. The summed E-state index contributed by atoms with van der Waals surface area (Å²) in [6, 6.07) is 7.71. The van der Waals surface area contributed by atoms with Gasteiger partial charge in [-0.3, -0.25) is 0 Å². The van der Waals surface area contributed by atoms with Gasteiger partial charge in [-0.15, -0.1) is 0 Å². The molecule has 0 aliphatic carbocycles. The normalized spacial score (nSPS) is 27.0. The summed E-state index contributed by atoms with van der Waals surface area (Å²) in [6.07, 6.45) is 2.62. The van der Waals surface area contributed by atoms with Crippen LogP contribution in [0.3, 0.4) is 0 Å². The smallest absolute Gasteiger partial charge is 0.349 e. The van der Waals surface area contributed by atoms with Gasteiger partial charge < -0.3 is 32.5 Å². The quantitative estimate of drug-likeness (QED) is 0.219. The maximum atomic E-state index is 11.9. The topological polar surface area (TPSA) is 81.7 Å². The molecule has 0 N–H and O–H groups in total. The molecule has 6 atom stereocenters. The van der Waals surface area contributed by atoms with Crippen molar-refractivity contribution in [3.8, 4) is 5.75 Å². The lowest BCUT2D eigenvalue weighted by atomic mass is 9.87. The molecule has 0 bridgehead atoms. The zero-order chi connectivity index (χ0) is 29.0. The van der Waals surface area contributed by atoms with Gasteiger partial charge in [-0.2, -0.15) is 0 Å². The van der Waals surface area contributed by atoms with Crippen molar-refractivity contribution in [2.45, 2.75) is 102 Å². The fraction of sp³-hybridized carbons (Fsp3) is 0.700. The summed E-state index contributed by atoms with van der Waals surface area (Å²) in [7, 11) is 2.08. The Bertz CT molecular complexity index is 951. The van der Waals surface area contributed by atoms with E-state index in [9.17, 15) is 4.79 Å². The van der Waals surface area contributed by atoms with Gasteiger partial charge in [0.25, 0.3) is 0 Å². The van der Waals surface area contributed by atoms with E-state index in [4.69, 9.17) is 32.5 Å². The van der Waals surface area contributed by atoms with Gasteiger partial charge in [0.05, 0.1) is 51.8 Å². The van der Waals surface area contributed by atoms with Crippen LogP contribution in [0.1, 0.15) is 60.5 Å². The third-order valence-corrected chi connectivity index (χ3v) is 13.0. The van der Waals surface area contributed by atoms with E-state index < -0.39 is 20.6 Å². The number of hydrogen-bond donors (Lipinski definition) is 0. The van der Waals surface area contributed by atoms with Crippen molar-refractivity contribution in [2.75, 3.05) is 27.9 Å². The average molecular weight is 565 g/mol. The van der Waals surface area contributed by atoms with E-state index in [-0.39, 0.29) is 40.4 Å². The Balaban J connectivity index is 1.80. The minimum atomic E-state index is -2.63. The van der Waals surface area contributed by atoms with E-state index >= 15 is 0 Å². The molecule has 0 amide bonds. The number of ether oxygens (including phenoxy) is 5. The van der Waals surface area contributed by atoms with Crippen LogP contribution in [-0.4, -0.2) is 73.0 Å². The molecular weight excluding hydrogens is 516 g/mol. The molecule has 2 aliphatic heterocycles. The number of hydrogen-bond acceptors (Lipinski definition) is 8.